The van der Waals surface area contributed by atoms with Crippen molar-refractivity contribution < 1.29 is 4.79 Å². The highest BCUT2D eigenvalue weighted by Gasteiger charge is 2.26. The summed E-state index contributed by atoms with van der Waals surface area (Å²) in [5.74, 6) is -0.104. The largest absolute Gasteiger partial charge is 0.340 e. The fourth-order valence-corrected chi connectivity index (χ4v) is 3.15. The second kappa shape index (κ2) is 8.29. The summed E-state index contributed by atoms with van der Waals surface area (Å²) in [6.07, 6.45) is 1.94. The molecule has 0 bridgehead atoms. The molecule has 1 amide bonds. The average molecular weight is 390 g/mol. The SMILES string of the molecule is CN(Cc1ccc(Cl)cc1Cl)C(=O)[C@H](Cc1ccccc1)n1cnnn1. The van der Waals surface area contributed by atoms with Crippen LogP contribution < -0.4 is 0 Å². The Labute approximate surface area is 161 Å². The number of nitrogens with zero attached hydrogens (tertiary/aromatic N) is 5. The zero-order chi connectivity index (χ0) is 18.5. The molecule has 1 atom stereocenters. The zero-order valence-electron chi connectivity index (χ0n) is 14.1. The second-order valence-electron chi connectivity index (χ2n) is 5.93. The number of likely N-dealkylation sites (N-methyl/N-ethyl adjacent to an activating group) is 1. The molecule has 3 rings (SSSR count). The van der Waals surface area contributed by atoms with Gasteiger partial charge in [0.25, 0.3) is 0 Å². The van der Waals surface area contributed by atoms with Crippen LogP contribution in [0.1, 0.15) is 17.2 Å². The summed E-state index contributed by atoms with van der Waals surface area (Å²) < 4.78 is 1.48. The molecule has 3 aromatic rings. The molecule has 1 aromatic heterocycles. The van der Waals surface area contributed by atoms with Crippen LogP contribution in [0.4, 0.5) is 0 Å². The van der Waals surface area contributed by atoms with Crippen LogP contribution in [0, 0.1) is 0 Å². The molecular formula is C18H17Cl2N5O. The van der Waals surface area contributed by atoms with Crippen molar-refractivity contribution in [2.24, 2.45) is 0 Å². The maximum absolute atomic E-state index is 13.1. The highest BCUT2D eigenvalue weighted by molar-refractivity contribution is 6.35. The minimum Gasteiger partial charge on any atom is -0.340 e. The highest BCUT2D eigenvalue weighted by atomic mass is 35.5. The Hall–Kier alpha value is -2.44. The first-order valence-corrected chi connectivity index (χ1v) is 8.75. The lowest BCUT2D eigenvalue weighted by Crippen LogP contribution is -2.35. The average Bonchev–Trinajstić information content (AvgIpc) is 3.16. The van der Waals surface area contributed by atoms with E-state index >= 15 is 0 Å². The van der Waals surface area contributed by atoms with Crippen LogP contribution in [0.3, 0.4) is 0 Å². The van der Waals surface area contributed by atoms with Crippen LogP contribution in [0.15, 0.2) is 54.9 Å². The predicted molar refractivity (Wildman–Crippen MR) is 99.9 cm³/mol. The van der Waals surface area contributed by atoms with Crippen molar-refractivity contribution in [2.75, 3.05) is 7.05 Å². The number of carbonyl (C=O) groups is 1. The number of tetrazole rings is 1. The van der Waals surface area contributed by atoms with Gasteiger partial charge in [0.1, 0.15) is 12.4 Å². The van der Waals surface area contributed by atoms with E-state index in [9.17, 15) is 4.79 Å². The lowest BCUT2D eigenvalue weighted by Gasteiger charge is -2.24. The van der Waals surface area contributed by atoms with E-state index in [1.807, 2.05) is 36.4 Å². The summed E-state index contributed by atoms with van der Waals surface area (Å²) in [4.78, 5) is 14.7. The quantitative estimate of drug-likeness (QED) is 0.647. The number of halogens is 2. The fraction of sp³-hybridized carbons (Fsp3) is 0.222. The molecule has 6 nitrogen and oxygen atoms in total. The third-order valence-electron chi connectivity index (χ3n) is 4.04. The van der Waals surface area contributed by atoms with E-state index in [1.54, 1.807) is 24.1 Å². The molecule has 0 aliphatic rings. The molecule has 0 saturated carbocycles. The molecule has 0 aliphatic carbocycles. The Morgan fingerprint density at radius 1 is 1.19 bits per heavy atom. The van der Waals surface area contributed by atoms with E-state index in [2.05, 4.69) is 15.5 Å². The van der Waals surface area contributed by atoms with Gasteiger partial charge in [0, 0.05) is 30.1 Å². The molecule has 0 spiro atoms. The van der Waals surface area contributed by atoms with Crippen LogP contribution in [0.2, 0.25) is 10.0 Å². The molecule has 2 aromatic carbocycles. The molecule has 0 N–H and O–H groups in total. The van der Waals surface area contributed by atoms with Gasteiger partial charge in [-0.3, -0.25) is 4.79 Å². The summed E-state index contributed by atoms with van der Waals surface area (Å²) in [5, 5.41) is 12.3. The molecule has 0 aliphatic heterocycles. The van der Waals surface area contributed by atoms with Gasteiger partial charge >= 0.3 is 0 Å². The summed E-state index contributed by atoms with van der Waals surface area (Å²) in [7, 11) is 1.73. The third kappa shape index (κ3) is 4.39. The van der Waals surface area contributed by atoms with Crippen LogP contribution in [0.5, 0.6) is 0 Å². The zero-order valence-corrected chi connectivity index (χ0v) is 15.6. The molecular weight excluding hydrogens is 373 g/mol. The predicted octanol–water partition coefficient (Wildman–Crippen LogP) is 3.42. The minimum atomic E-state index is -0.538. The Kier molecular flexibility index (Phi) is 5.85. The van der Waals surface area contributed by atoms with Crippen molar-refractivity contribution in [3.63, 3.8) is 0 Å². The Morgan fingerprint density at radius 2 is 1.96 bits per heavy atom. The van der Waals surface area contributed by atoms with Crippen molar-refractivity contribution in [1.82, 2.24) is 25.1 Å². The minimum absolute atomic E-state index is 0.104. The molecule has 0 unspecified atom stereocenters. The van der Waals surface area contributed by atoms with Crippen LogP contribution in [0.25, 0.3) is 0 Å². The maximum Gasteiger partial charge on any atom is 0.247 e. The first-order valence-electron chi connectivity index (χ1n) is 8.00. The van der Waals surface area contributed by atoms with E-state index in [-0.39, 0.29) is 5.91 Å². The fourth-order valence-electron chi connectivity index (χ4n) is 2.68. The summed E-state index contributed by atoms with van der Waals surface area (Å²) in [6, 6.07) is 14.5. The normalized spacial score (nSPS) is 12.0. The third-order valence-corrected chi connectivity index (χ3v) is 4.63. The van der Waals surface area contributed by atoms with Crippen LogP contribution >= 0.6 is 23.2 Å². The van der Waals surface area contributed by atoms with Gasteiger partial charge in [0.2, 0.25) is 5.91 Å². The molecule has 0 radical (unpaired) electrons. The topological polar surface area (TPSA) is 63.9 Å². The van der Waals surface area contributed by atoms with E-state index in [0.29, 0.717) is 23.0 Å². The second-order valence-corrected chi connectivity index (χ2v) is 6.77. The van der Waals surface area contributed by atoms with E-state index < -0.39 is 6.04 Å². The molecule has 0 saturated heterocycles. The first-order chi connectivity index (χ1) is 12.5. The lowest BCUT2D eigenvalue weighted by atomic mass is 10.0. The summed E-state index contributed by atoms with van der Waals surface area (Å²) >= 11 is 12.2. The smallest absolute Gasteiger partial charge is 0.247 e. The van der Waals surface area contributed by atoms with E-state index in [0.717, 1.165) is 11.1 Å². The van der Waals surface area contributed by atoms with Gasteiger partial charge in [-0.2, -0.15) is 0 Å². The Balaban J connectivity index is 1.80. The monoisotopic (exact) mass is 389 g/mol. The van der Waals surface area contributed by atoms with Gasteiger partial charge in [0.15, 0.2) is 0 Å². The molecule has 26 heavy (non-hydrogen) atoms. The number of aromatic nitrogens is 4. The van der Waals surface area contributed by atoms with Crippen molar-refractivity contribution in [1.29, 1.82) is 0 Å². The standard InChI is InChI=1S/C18H17Cl2N5O/c1-24(11-14-7-8-15(19)10-16(14)20)18(26)17(25-12-21-22-23-25)9-13-5-3-2-4-6-13/h2-8,10,12,17H,9,11H2,1H3/t17-/m0/s1. The molecule has 0 fully saturated rings. The maximum atomic E-state index is 13.1. The van der Waals surface area contributed by atoms with Gasteiger partial charge in [0.05, 0.1) is 0 Å². The number of benzene rings is 2. The van der Waals surface area contributed by atoms with Gasteiger partial charge < -0.3 is 4.90 Å². The number of hydrogen-bond donors (Lipinski definition) is 0. The van der Waals surface area contributed by atoms with E-state index in [1.165, 1.54) is 11.0 Å². The summed E-state index contributed by atoms with van der Waals surface area (Å²) in [5.41, 5.74) is 1.85. The number of rotatable bonds is 6. The van der Waals surface area contributed by atoms with Gasteiger partial charge in [-0.05, 0) is 33.7 Å². The van der Waals surface area contributed by atoms with E-state index in [4.69, 9.17) is 23.2 Å². The first kappa shape index (κ1) is 18.4. The Bertz CT molecular complexity index is 871. The molecule has 1 heterocycles. The van der Waals surface area contributed by atoms with Gasteiger partial charge in [-0.25, -0.2) is 4.68 Å². The van der Waals surface area contributed by atoms with Crippen LogP contribution in [-0.4, -0.2) is 38.1 Å². The van der Waals surface area contributed by atoms with Gasteiger partial charge in [-0.15, -0.1) is 5.10 Å². The van der Waals surface area contributed by atoms with Crippen molar-refractivity contribution in [3.05, 3.63) is 76.0 Å². The lowest BCUT2D eigenvalue weighted by molar-refractivity contribution is -0.134. The Morgan fingerprint density at radius 3 is 2.62 bits per heavy atom. The number of hydrogen-bond acceptors (Lipinski definition) is 4. The molecule has 8 heteroatoms. The highest BCUT2D eigenvalue weighted by Crippen LogP contribution is 2.23. The molecule has 134 valence electrons. The summed E-state index contributed by atoms with van der Waals surface area (Å²) in [6.45, 7) is 0.363. The van der Waals surface area contributed by atoms with Crippen molar-refractivity contribution in [3.8, 4) is 0 Å². The van der Waals surface area contributed by atoms with Gasteiger partial charge in [-0.1, -0.05) is 59.6 Å². The van der Waals surface area contributed by atoms with Crippen molar-refractivity contribution >= 4 is 29.1 Å². The van der Waals surface area contributed by atoms with Crippen molar-refractivity contribution in [2.45, 2.75) is 19.0 Å². The number of carbonyl (C=O) groups excluding carboxylic acids is 1. The van der Waals surface area contributed by atoms with Crippen LogP contribution in [-0.2, 0) is 17.8 Å². The number of amides is 1.